The molecule has 21 heavy (non-hydrogen) atoms. The van der Waals surface area contributed by atoms with Crippen molar-refractivity contribution < 1.29 is 13.2 Å². The zero-order valence-corrected chi connectivity index (χ0v) is 13.2. The maximum absolute atomic E-state index is 11.8. The fourth-order valence-electron chi connectivity index (χ4n) is 1.84. The summed E-state index contributed by atoms with van der Waals surface area (Å²) in [6.45, 7) is 0. The molecule has 1 saturated heterocycles. The quantitative estimate of drug-likeness (QED) is 0.365. The second kappa shape index (κ2) is 6.24. The number of amides is 1. The third-order valence-electron chi connectivity index (χ3n) is 2.71. The van der Waals surface area contributed by atoms with E-state index < -0.39 is 21.3 Å². The number of halogens is 1. The molecule has 2 atom stereocenters. The van der Waals surface area contributed by atoms with Crippen LogP contribution in [0.15, 0.2) is 11.2 Å². The third-order valence-corrected chi connectivity index (χ3v) is 5.93. The SMILES string of the molecule is Nc1cc(N)nc(SCC(=O)NC2CS(=O)(=O)CC2Cl)n1. The van der Waals surface area contributed by atoms with Crippen molar-refractivity contribution in [2.45, 2.75) is 16.6 Å². The molecule has 0 aliphatic carbocycles. The van der Waals surface area contributed by atoms with Crippen LogP contribution >= 0.6 is 23.4 Å². The Morgan fingerprint density at radius 3 is 2.52 bits per heavy atom. The van der Waals surface area contributed by atoms with E-state index in [1.807, 2.05) is 0 Å². The van der Waals surface area contributed by atoms with Crippen LogP contribution in [0.1, 0.15) is 0 Å². The number of nitrogens with two attached hydrogens (primary N) is 2. The molecule has 0 saturated carbocycles. The van der Waals surface area contributed by atoms with Crippen LogP contribution in [-0.2, 0) is 14.6 Å². The summed E-state index contributed by atoms with van der Waals surface area (Å²) in [5, 5.41) is 2.27. The van der Waals surface area contributed by atoms with Gasteiger partial charge in [-0.3, -0.25) is 4.79 Å². The molecule has 0 aromatic carbocycles. The van der Waals surface area contributed by atoms with E-state index in [1.165, 1.54) is 6.07 Å². The number of carbonyl (C=O) groups is 1. The molecule has 2 unspecified atom stereocenters. The van der Waals surface area contributed by atoms with Crippen LogP contribution in [-0.4, -0.2) is 53.0 Å². The Morgan fingerprint density at radius 1 is 1.38 bits per heavy atom. The van der Waals surface area contributed by atoms with Crippen molar-refractivity contribution in [3.05, 3.63) is 6.07 Å². The Hall–Kier alpha value is -1.26. The molecule has 1 aliphatic heterocycles. The lowest BCUT2D eigenvalue weighted by Gasteiger charge is -2.13. The fourth-order valence-corrected chi connectivity index (χ4v) is 5.08. The molecular weight excluding hydrogens is 338 g/mol. The number of alkyl halides is 1. The minimum Gasteiger partial charge on any atom is -0.383 e. The van der Waals surface area contributed by atoms with E-state index in [9.17, 15) is 13.2 Å². The molecule has 8 nitrogen and oxygen atoms in total. The Labute approximate surface area is 130 Å². The zero-order chi connectivity index (χ0) is 15.6. The largest absolute Gasteiger partial charge is 0.383 e. The summed E-state index contributed by atoms with van der Waals surface area (Å²) in [5.74, 6) is -0.164. The number of carbonyl (C=O) groups excluding carboxylic acids is 1. The molecule has 1 aliphatic rings. The van der Waals surface area contributed by atoms with Gasteiger partial charge < -0.3 is 16.8 Å². The third kappa shape index (κ3) is 4.61. The van der Waals surface area contributed by atoms with Gasteiger partial charge in [-0.2, -0.15) is 0 Å². The molecule has 0 radical (unpaired) electrons. The Kier molecular flexibility index (Phi) is 4.79. The first-order valence-electron chi connectivity index (χ1n) is 5.92. The van der Waals surface area contributed by atoms with Gasteiger partial charge in [-0.1, -0.05) is 11.8 Å². The van der Waals surface area contributed by atoms with Gasteiger partial charge in [0.2, 0.25) is 5.91 Å². The predicted molar refractivity (Wildman–Crippen MR) is 81.8 cm³/mol. The summed E-state index contributed by atoms with van der Waals surface area (Å²) >= 11 is 6.96. The van der Waals surface area contributed by atoms with Crippen LogP contribution in [0, 0.1) is 0 Å². The molecule has 2 rings (SSSR count). The second-order valence-electron chi connectivity index (χ2n) is 4.56. The minimum atomic E-state index is -3.18. The molecule has 1 fully saturated rings. The molecule has 116 valence electrons. The average molecular weight is 352 g/mol. The maximum Gasteiger partial charge on any atom is 0.230 e. The summed E-state index contributed by atoms with van der Waals surface area (Å²) < 4.78 is 22.8. The van der Waals surface area contributed by atoms with Crippen molar-refractivity contribution in [1.82, 2.24) is 15.3 Å². The summed E-state index contributed by atoms with van der Waals surface area (Å²) in [4.78, 5) is 19.6. The summed E-state index contributed by atoms with van der Waals surface area (Å²) in [7, 11) is -3.18. The van der Waals surface area contributed by atoms with Gasteiger partial charge in [-0.05, 0) is 0 Å². The molecule has 1 aromatic rings. The highest BCUT2D eigenvalue weighted by Crippen LogP contribution is 2.19. The lowest BCUT2D eigenvalue weighted by molar-refractivity contribution is -0.119. The van der Waals surface area contributed by atoms with Gasteiger partial charge in [0.1, 0.15) is 11.6 Å². The first-order valence-corrected chi connectivity index (χ1v) is 9.16. The van der Waals surface area contributed by atoms with Crippen LogP contribution < -0.4 is 16.8 Å². The maximum atomic E-state index is 11.8. The van der Waals surface area contributed by atoms with Gasteiger partial charge in [0, 0.05) is 6.07 Å². The molecule has 1 aromatic heterocycles. The van der Waals surface area contributed by atoms with Crippen molar-refractivity contribution in [2.24, 2.45) is 0 Å². The van der Waals surface area contributed by atoms with Crippen molar-refractivity contribution in [3.8, 4) is 0 Å². The van der Waals surface area contributed by atoms with E-state index >= 15 is 0 Å². The first-order chi connectivity index (χ1) is 9.75. The molecular formula is C10H14ClN5O3S2. The molecule has 0 spiro atoms. The van der Waals surface area contributed by atoms with Crippen molar-refractivity contribution >= 4 is 50.7 Å². The number of thioether (sulfide) groups is 1. The molecule has 5 N–H and O–H groups in total. The molecule has 11 heteroatoms. The van der Waals surface area contributed by atoms with Crippen molar-refractivity contribution in [3.63, 3.8) is 0 Å². The van der Waals surface area contributed by atoms with Crippen LogP contribution in [0.3, 0.4) is 0 Å². The average Bonchev–Trinajstić information content (AvgIpc) is 2.58. The molecule has 1 amide bonds. The monoisotopic (exact) mass is 351 g/mol. The van der Waals surface area contributed by atoms with E-state index in [1.54, 1.807) is 0 Å². The minimum absolute atomic E-state index is 0.0169. The highest BCUT2D eigenvalue weighted by atomic mass is 35.5. The van der Waals surface area contributed by atoms with Crippen LogP contribution in [0.5, 0.6) is 0 Å². The van der Waals surface area contributed by atoms with E-state index in [4.69, 9.17) is 23.1 Å². The Bertz CT molecular complexity index is 634. The Morgan fingerprint density at radius 2 is 2.00 bits per heavy atom. The van der Waals surface area contributed by atoms with Gasteiger partial charge >= 0.3 is 0 Å². The summed E-state index contributed by atoms with van der Waals surface area (Å²) in [6, 6.07) is 0.836. The summed E-state index contributed by atoms with van der Waals surface area (Å²) in [6.07, 6.45) is 0. The normalized spacial score (nSPS) is 23.9. The number of nitrogens with one attached hydrogen (secondary N) is 1. The predicted octanol–water partition coefficient (Wildman–Crippen LogP) is -0.746. The first kappa shape index (κ1) is 16.1. The standard InChI is InChI=1S/C10H14ClN5O3S2/c11-5-3-21(18,19)4-6(5)14-9(17)2-20-10-15-7(12)1-8(13)16-10/h1,5-6H,2-4H2,(H,14,17)(H4,12,13,15,16). The van der Waals surface area contributed by atoms with Crippen LogP contribution in [0.25, 0.3) is 0 Å². The van der Waals surface area contributed by atoms with Gasteiger partial charge in [-0.25, -0.2) is 18.4 Å². The van der Waals surface area contributed by atoms with E-state index in [0.717, 1.165) is 11.8 Å². The lowest BCUT2D eigenvalue weighted by atomic mass is 10.2. The van der Waals surface area contributed by atoms with Gasteiger partial charge in [0.05, 0.1) is 28.7 Å². The lowest BCUT2D eigenvalue weighted by Crippen LogP contribution is -2.41. The Balaban J connectivity index is 1.88. The van der Waals surface area contributed by atoms with E-state index in [0.29, 0.717) is 0 Å². The topological polar surface area (TPSA) is 141 Å². The van der Waals surface area contributed by atoms with E-state index in [2.05, 4.69) is 15.3 Å². The molecule has 0 bridgehead atoms. The fraction of sp³-hybridized carbons (Fsp3) is 0.500. The van der Waals surface area contributed by atoms with Crippen LogP contribution in [0.4, 0.5) is 11.6 Å². The number of rotatable bonds is 4. The zero-order valence-electron chi connectivity index (χ0n) is 10.8. The van der Waals surface area contributed by atoms with Gasteiger partial charge in [-0.15, -0.1) is 11.6 Å². The van der Waals surface area contributed by atoms with Gasteiger partial charge in [0.15, 0.2) is 15.0 Å². The number of nitrogens with zero attached hydrogens (tertiary/aromatic N) is 2. The number of aromatic nitrogens is 2. The number of hydrogen-bond acceptors (Lipinski definition) is 8. The van der Waals surface area contributed by atoms with Crippen LogP contribution in [0.2, 0.25) is 0 Å². The van der Waals surface area contributed by atoms with Crippen molar-refractivity contribution in [1.29, 1.82) is 0 Å². The molecule has 2 heterocycles. The number of nitrogen functional groups attached to an aromatic ring is 2. The van der Waals surface area contributed by atoms with E-state index in [-0.39, 0.29) is 40.0 Å². The number of sulfone groups is 1. The highest BCUT2D eigenvalue weighted by Gasteiger charge is 2.37. The second-order valence-corrected chi connectivity index (χ2v) is 8.21. The number of anilines is 2. The number of hydrogen-bond donors (Lipinski definition) is 3. The highest BCUT2D eigenvalue weighted by molar-refractivity contribution is 7.99. The summed E-state index contributed by atoms with van der Waals surface area (Å²) in [5.41, 5.74) is 11.0. The van der Waals surface area contributed by atoms with Crippen molar-refractivity contribution in [2.75, 3.05) is 28.7 Å². The van der Waals surface area contributed by atoms with Gasteiger partial charge in [0.25, 0.3) is 0 Å². The smallest absolute Gasteiger partial charge is 0.230 e.